The molecule has 0 radical (unpaired) electrons. The van der Waals surface area contributed by atoms with Gasteiger partial charge in [0, 0.05) is 36.5 Å². The first-order chi connectivity index (χ1) is 12.1. The molecule has 6 nitrogen and oxygen atoms in total. The van der Waals surface area contributed by atoms with Gasteiger partial charge < -0.3 is 19.6 Å². The SMILES string of the molecule is Cc1ccc2cc(C(=O)NCC3CN(C(=O)c4ccoc4)C3)[nH]c2c1. The first-order valence-electron chi connectivity index (χ1n) is 8.29. The molecule has 3 heterocycles. The normalized spacial score (nSPS) is 14.5. The van der Waals surface area contributed by atoms with Crippen molar-refractivity contribution in [2.75, 3.05) is 19.6 Å². The van der Waals surface area contributed by atoms with Crippen LogP contribution in [0.25, 0.3) is 10.9 Å². The van der Waals surface area contributed by atoms with Gasteiger partial charge in [-0.15, -0.1) is 0 Å². The fourth-order valence-corrected chi connectivity index (χ4v) is 3.13. The van der Waals surface area contributed by atoms with E-state index in [4.69, 9.17) is 4.42 Å². The van der Waals surface area contributed by atoms with Crippen molar-refractivity contribution in [2.45, 2.75) is 6.92 Å². The van der Waals surface area contributed by atoms with Crippen LogP contribution in [0, 0.1) is 12.8 Å². The summed E-state index contributed by atoms with van der Waals surface area (Å²) in [4.78, 5) is 29.3. The number of aromatic amines is 1. The van der Waals surface area contributed by atoms with Crippen LogP contribution in [0.1, 0.15) is 26.4 Å². The minimum absolute atomic E-state index is 0.0256. The molecule has 0 bridgehead atoms. The van der Waals surface area contributed by atoms with E-state index in [2.05, 4.69) is 10.3 Å². The highest BCUT2D eigenvalue weighted by molar-refractivity contribution is 5.98. The Labute approximate surface area is 144 Å². The third-order valence-electron chi connectivity index (χ3n) is 4.59. The van der Waals surface area contributed by atoms with E-state index in [1.165, 1.54) is 12.5 Å². The summed E-state index contributed by atoms with van der Waals surface area (Å²) in [6.45, 7) is 3.88. The standard InChI is InChI=1S/C19H19N3O3/c1-12-2-3-14-7-17(21-16(14)6-12)18(23)20-8-13-9-22(10-13)19(24)15-4-5-25-11-15/h2-7,11,13,21H,8-10H2,1H3,(H,20,23). The molecule has 6 heteroatoms. The predicted octanol–water partition coefficient (Wildman–Crippen LogP) is 2.57. The number of likely N-dealkylation sites (tertiary alicyclic amines) is 1. The number of benzene rings is 1. The molecule has 1 aliphatic heterocycles. The van der Waals surface area contributed by atoms with Gasteiger partial charge >= 0.3 is 0 Å². The van der Waals surface area contributed by atoms with Gasteiger partial charge in [-0.3, -0.25) is 9.59 Å². The number of aromatic nitrogens is 1. The van der Waals surface area contributed by atoms with E-state index in [-0.39, 0.29) is 17.7 Å². The molecule has 128 valence electrons. The number of rotatable bonds is 4. The zero-order valence-electron chi connectivity index (χ0n) is 13.9. The molecule has 2 amide bonds. The van der Waals surface area contributed by atoms with Crippen LogP contribution < -0.4 is 5.32 Å². The quantitative estimate of drug-likeness (QED) is 0.768. The number of carbonyl (C=O) groups excluding carboxylic acids is 2. The molecule has 2 N–H and O–H groups in total. The molecule has 0 unspecified atom stereocenters. The van der Waals surface area contributed by atoms with Crippen LogP contribution in [0.5, 0.6) is 0 Å². The van der Waals surface area contributed by atoms with E-state index in [0.29, 0.717) is 30.9 Å². The molecule has 3 aromatic rings. The average molecular weight is 337 g/mol. The van der Waals surface area contributed by atoms with Crippen LogP contribution in [0.15, 0.2) is 47.3 Å². The highest BCUT2D eigenvalue weighted by atomic mass is 16.3. The van der Waals surface area contributed by atoms with Crippen LogP contribution in [-0.2, 0) is 0 Å². The van der Waals surface area contributed by atoms with Gasteiger partial charge in [0.05, 0.1) is 11.8 Å². The lowest BCUT2D eigenvalue weighted by molar-refractivity contribution is 0.0497. The van der Waals surface area contributed by atoms with Crippen LogP contribution in [0.4, 0.5) is 0 Å². The first kappa shape index (κ1) is 15.5. The Morgan fingerprint density at radius 3 is 2.88 bits per heavy atom. The Morgan fingerprint density at radius 1 is 1.28 bits per heavy atom. The number of amides is 2. The summed E-state index contributed by atoms with van der Waals surface area (Å²) in [7, 11) is 0. The van der Waals surface area contributed by atoms with E-state index in [9.17, 15) is 9.59 Å². The highest BCUT2D eigenvalue weighted by Crippen LogP contribution is 2.19. The fraction of sp³-hybridized carbons (Fsp3) is 0.263. The van der Waals surface area contributed by atoms with Gasteiger partial charge in [-0.05, 0) is 30.7 Å². The maximum atomic E-state index is 12.3. The summed E-state index contributed by atoms with van der Waals surface area (Å²) < 4.78 is 4.93. The molecule has 1 aromatic carbocycles. The maximum Gasteiger partial charge on any atom is 0.267 e. The van der Waals surface area contributed by atoms with E-state index < -0.39 is 0 Å². The lowest BCUT2D eigenvalue weighted by atomic mass is 9.99. The van der Waals surface area contributed by atoms with Crippen LogP contribution >= 0.6 is 0 Å². The zero-order chi connectivity index (χ0) is 17.4. The molecular weight excluding hydrogens is 318 g/mol. The van der Waals surface area contributed by atoms with Gasteiger partial charge in [0.1, 0.15) is 12.0 Å². The molecule has 1 fully saturated rings. The number of carbonyl (C=O) groups is 2. The Morgan fingerprint density at radius 2 is 2.12 bits per heavy atom. The van der Waals surface area contributed by atoms with Crippen molar-refractivity contribution in [2.24, 2.45) is 5.92 Å². The smallest absolute Gasteiger partial charge is 0.267 e. The van der Waals surface area contributed by atoms with Crippen molar-refractivity contribution >= 4 is 22.7 Å². The number of hydrogen-bond acceptors (Lipinski definition) is 3. The van der Waals surface area contributed by atoms with Crippen molar-refractivity contribution in [3.8, 4) is 0 Å². The average Bonchev–Trinajstić information content (AvgIpc) is 3.21. The lowest BCUT2D eigenvalue weighted by Crippen LogP contribution is -2.53. The summed E-state index contributed by atoms with van der Waals surface area (Å²) in [5.41, 5.74) is 3.24. The fourth-order valence-electron chi connectivity index (χ4n) is 3.13. The van der Waals surface area contributed by atoms with E-state index in [1.54, 1.807) is 11.0 Å². The number of nitrogens with zero attached hydrogens (tertiary/aromatic N) is 1. The molecule has 1 saturated heterocycles. The topological polar surface area (TPSA) is 78.3 Å². The molecule has 4 rings (SSSR count). The van der Waals surface area contributed by atoms with Crippen LogP contribution in [0.2, 0.25) is 0 Å². The summed E-state index contributed by atoms with van der Waals surface area (Å²) in [6, 6.07) is 9.58. The second kappa shape index (κ2) is 6.12. The monoisotopic (exact) mass is 337 g/mol. The van der Waals surface area contributed by atoms with Crippen LogP contribution in [0.3, 0.4) is 0 Å². The largest absolute Gasteiger partial charge is 0.472 e. The highest BCUT2D eigenvalue weighted by Gasteiger charge is 2.31. The summed E-state index contributed by atoms with van der Waals surface area (Å²) in [5.74, 6) is 0.141. The number of nitrogens with one attached hydrogen (secondary N) is 2. The van der Waals surface area contributed by atoms with Crippen molar-refractivity contribution in [1.82, 2.24) is 15.2 Å². The Hall–Kier alpha value is -3.02. The molecule has 0 saturated carbocycles. The van der Waals surface area contributed by atoms with E-state index >= 15 is 0 Å². The second-order valence-electron chi connectivity index (χ2n) is 6.57. The van der Waals surface area contributed by atoms with Crippen molar-refractivity contribution in [1.29, 1.82) is 0 Å². The molecule has 0 aliphatic carbocycles. The molecular formula is C19H19N3O3. The summed E-state index contributed by atoms with van der Waals surface area (Å²) in [6.07, 6.45) is 2.95. The zero-order valence-corrected chi connectivity index (χ0v) is 13.9. The third-order valence-corrected chi connectivity index (χ3v) is 4.59. The number of furan rings is 1. The number of hydrogen-bond donors (Lipinski definition) is 2. The van der Waals surface area contributed by atoms with Gasteiger partial charge in [-0.2, -0.15) is 0 Å². The van der Waals surface area contributed by atoms with Gasteiger partial charge in [-0.25, -0.2) is 0 Å². The Kier molecular flexibility index (Phi) is 3.80. The summed E-state index contributed by atoms with van der Waals surface area (Å²) >= 11 is 0. The maximum absolute atomic E-state index is 12.3. The molecule has 25 heavy (non-hydrogen) atoms. The third kappa shape index (κ3) is 3.03. The molecule has 0 spiro atoms. The summed E-state index contributed by atoms with van der Waals surface area (Å²) in [5, 5.41) is 3.97. The van der Waals surface area contributed by atoms with Crippen LogP contribution in [-0.4, -0.2) is 41.3 Å². The van der Waals surface area contributed by atoms with Gasteiger partial charge in [-0.1, -0.05) is 12.1 Å². The Bertz CT molecular complexity index is 921. The number of fused-ring (bicyclic) bond motifs is 1. The predicted molar refractivity (Wildman–Crippen MR) is 93.5 cm³/mol. The Balaban J connectivity index is 1.30. The minimum Gasteiger partial charge on any atom is -0.472 e. The molecule has 1 aliphatic rings. The first-order valence-corrected chi connectivity index (χ1v) is 8.29. The number of aryl methyl sites for hydroxylation is 1. The molecule has 0 atom stereocenters. The van der Waals surface area contributed by atoms with E-state index in [1.807, 2.05) is 31.2 Å². The van der Waals surface area contributed by atoms with Gasteiger partial charge in [0.15, 0.2) is 0 Å². The van der Waals surface area contributed by atoms with Crippen molar-refractivity contribution in [3.05, 3.63) is 59.7 Å². The second-order valence-corrected chi connectivity index (χ2v) is 6.57. The number of H-pyrrole nitrogens is 1. The lowest BCUT2D eigenvalue weighted by Gasteiger charge is -2.39. The van der Waals surface area contributed by atoms with Gasteiger partial charge in [0.25, 0.3) is 11.8 Å². The van der Waals surface area contributed by atoms with Crippen molar-refractivity contribution < 1.29 is 14.0 Å². The van der Waals surface area contributed by atoms with E-state index in [0.717, 1.165) is 16.5 Å². The minimum atomic E-state index is -0.117. The van der Waals surface area contributed by atoms with Gasteiger partial charge in [0.2, 0.25) is 0 Å². The van der Waals surface area contributed by atoms with Crippen molar-refractivity contribution in [3.63, 3.8) is 0 Å². The molecule has 2 aromatic heterocycles.